The molecular weight excluding hydrogens is 382 g/mol. The molecule has 1 aliphatic carbocycles. The van der Waals surface area contributed by atoms with E-state index in [0.717, 1.165) is 12.8 Å². The molecule has 1 N–H and O–H groups in total. The Morgan fingerprint density at radius 3 is 2.72 bits per heavy atom. The number of amides is 1. The Morgan fingerprint density at radius 2 is 2.07 bits per heavy atom. The van der Waals surface area contributed by atoms with Crippen LogP contribution in [0.2, 0.25) is 0 Å². The van der Waals surface area contributed by atoms with Crippen LogP contribution in [-0.2, 0) is 11.2 Å². The van der Waals surface area contributed by atoms with Crippen molar-refractivity contribution in [3.63, 3.8) is 0 Å². The molecule has 2 heterocycles. The number of alkyl halides is 2. The minimum absolute atomic E-state index is 0.103. The second-order valence-electron chi connectivity index (χ2n) is 7.06. The molecule has 1 saturated carbocycles. The number of hydrogen-bond donors (Lipinski definition) is 1. The van der Waals surface area contributed by atoms with E-state index in [2.05, 4.69) is 20.3 Å². The first-order valence-electron chi connectivity index (χ1n) is 9.36. The molecule has 7 nitrogen and oxygen atoms in total. The van der Waals surface area contributed by atoms with E-state index in [1.807, 2.05) is 0 Å². The molecule has 1 amide bonds. The summed E-state index contributed by atoms with van der Waals surface area (Å²) < 4.78 is 29.5. The van der Waals surface area contributed by atoms with Gasteiger partial charge in [0.2, 0.25) is 5.88 Å². The summed E-state index contributed by atoms with van der Waals surface area (Å²) in [6.45, 7) is 2.74. The Hall–Kier alpha value is -2.97. The molecule has 1 fully saturated rings. The molecule has 2 aromatic heterocycles. The van der Waals surface area contributed by atoms with Crippen LogP contribution in [-0.4, -0.2) is 39.7 Å². The van der Waals surface area contributed by atoms with Crippen molar-refractivity contribution in [2.75, 3.05) is 6.61 Å². The standard InChI is InChI=1S/C20H22F2N4O3/c1-11-7-14(9-24-20(11)29-10-17(21)22)12(2)25-19(28)15-5-6-23-18(26-15)8-16(27)13-3-4-13/h5-7,9,12-13,17H,3-4,8,10H2,1-2H3,(H,25,28). The van der Waals surface area contributed by atoms with Gasteiger partial charge < -0.3 is 10.1 Å². The number of rotatable bonds is 9. The number of hydrogen-bond acceptors (Lipinski definition) is 6. The van der Waals surface area contributed by atoms with Gasteiger partial charge in [0.05, 0.1) is 12.5 Å². The van der Waals surface area contributed by atoms with Crippen molar-refractivity contribution in [3.05, 3.63) is 47.2 Å². The number of ketones is 1. The van der Waals surface area contributed by atoms with Gasteiger partial charge in [-0.25, -0.2) is 23.7 Å². The number of ether oxygens (including phenoxy) is 1. The lowest BCUT2D eigenvalue weighted by atomic mass is 10.1. The normalized spacial score (nSPS) is 14.5. The Morgan fingerprint density at radius 1 is 1.31 bits per heavy atom. The van der Waals surface area contributed by atoms with Crippen molar-refractivity contribution >= 4 is 11.7 Å². The molecule has 154 valence electrons. The predicted octanol–water partition coefficient (Wildman–Crippen LogP) is 2.84. The minimum atomic E-state index is -2.58. The Labute approximate surface area is 166 Å². The van der Waals surface area contributed by atoms with Crippen molar-refractivity contribution < 1.29 is 23.1 Å². The van der Waals surface area contributed by atoms with E-state index in [9.17, 15) is 18.4 Å². The van der Waals surface area contributed by atoms with E-state index < -0.39 is 25.0 Å². The fourth-order valence-corrected chi connectivity index (χ4v) is 2.78. The highest BCUT2D eigenvalue weighted by Gasteiger charge is 2.30. The molecule has 1 unspecified atom stereocenters. The predicted molar refractivity (Wildman–Crippen MR) is 99.8 cm³/mol. The molecule has 0 aliphatic heterocycles. The Bertz CT molecular complexity index is 903. The number of halogens is 2. The summed E-state index contributed by atoms with van der Waals surface area (Å²) in [6.07, 6.45) is 2.31. The maximum absolute atomic E-state index is 12.5. The van der Waals surface area contributed by atoms with Crippen molar-refractivity contribution in [2.45, 2.75) is 45.6 Å². The van der Waals surface area contributed by atoms with E-state index in [1.54, 1.807) is 19.9 Å². The monoisotopic (exact) mass is 404 g/mol. The van der Waals surface area contributed by atoms with Crippen molar-refractivity contribution in [1.29, 1.82) is 0 Å². The van der Waals surface area contributed by atoms with Gasteiger partial charge in [0, 0.05) is 23.9 Å². The van der Waals surface area contributed by atoms with Gasteiger partial charge in [-0.3, -0.25) is 9.59 Å². The number of aromatic nitrogens is 3. The van der Waals surface area contributed by atoms with Crippen LogP contribution in [0.3, 0.4) is 0 Å². The summed E-state index contributed by atoms with van der Waals surface area (Å²) in [7, 11) is 0. The second kappa shape index (κ2) is 9.02. The highest BCUT2D eigenvalue weighted by atomic mass is 19.3. The highest BCUT2D eigenvalue weighted by Crippen LogP contribution is 2.30. The topological polar surface area (TPSA) is 94.1 Å². The third-order valence-electron chi connectivity index (χ3n) is 4.55. The number of Topliss-reactive ketones (excluding diaryl/α,β-unsaturated/α-hetero) is 1. The van der Waals surface area contributed by atoms with Crippen molar-refractivity contribution in [1.82, 2.24) is 20.3 Å². The molecule has 0 saturated heterocycles. The smallest absolute Gasteiger partial charge is 0.272 e. The third-order valence-corrected chi connectivity index (χ3v) is 4.55. The molecule has 0 bridgehead atoms. The van der Waals surface area contributed by atoms with E-state index in [0.29, 0.717) is 17.0 Å². The number of nitrogens with zero attached hydrogens (tertiary/aromatic N) is 3. The van der Waals surface area contributed by atoms with Crippen LogP contribution in [0, 0.1) is 12.8 Å². The van der Waals surface area contributed by atoms with Crippen LogP contribution in [0.15, 0.2) is 24.5 Å². The minimum Gasteiger partial charge on any atom is -0.471 e. The van der Waals surface area contributed by atoms with E-state index >= 15 is 0 Å². The molecule has 9 heteroatoms. The van der Waals surface area contributed by atoms with Gasteiger partial charge in [0.25, 0.3) is 12.3 Å². The van der Waals surface area contributed by atoms with Crippen molar-refractivity contribution in [3.8, 4) is 5.88 Å². The number of carbonyl (C=O) groups excluding carboxylic acids is 2. The van der Waals surface area contributed by atoms with E-state index in [-0.39, 0.29) is 29.7 Å². The average molecular weight is 404 g/mol. The molecule has 1 atom stereocenters. The SMILES string of the molecule is Cc1cc(C(C)NC(=O)c2ccnc(CC(=O)C3CC3)n2)cnc1OCC(F)F. The number of carbonyl (C=O) groups is 2. The Kier molecular flexibility index (Phi) is 6.46. The lowest BCUT2D eigenvalue weighted by Gasteiger charge is -2.16. The fraction of sp³-hybridized carbons (Fsp3) is 0.450. The van der Waals surface area contributed by atoms with Gasteiger partial charge in [0.15, 0.2) is 6.61 Å². The summed E-state index contributed by atoms with van der Waals surface area (Å²) in [4.78, 5) is 36.8. The maximum atomic E-state index is 12.5. The van der Waals surface area contributed by atoms with Crippen LogP contribution >= 0.6 is 0 Å². The molecule has 1 aliphatic rings. The van der Waals surface area contributed by atoms with Crippen LogP contribution in [0.1, 0.15) is 53.2 Å². The molecular formula is C20H22F2N4O3. The molecule has 3 rings (SSSR count). The summed E-state index contributed by atoms with van der Waals surface area (Å²) in [6, 6.07) is 2.81. The van der Waals surface area contributed by atoms with Crippen LogP contribution in [0.25, 0.3) is 0 Å². The number of pyridine rings is 1. The zero-order chi connectivity index (χ0) is 21.0. The second-order valence-corrected chi connectivity index (χ2v) is 7.06. The quantitative estimate of drug-likeness (QED) is 0.691. The summed E-state index contributed by atoms with van der Waals surface area (Å²) in [5, 5.41) is 2.81. The molecule has 2 aromatic rings. The zero-order valence-corrected chi connectivity index (χ0v) is 16.2. The lowest BCUT2D eigenvalue weighted by Crippen LogP contribution is -2.28. The van der Waals surface area contributed by atoms with E-state index in [1.165, 1.54) is 18.5 Å². The fourth-order valence-electron chi connectivity index (χ4n) is 2.78. The first-order valence-corrected chi connectivity index (χ1v) is 9.36. The first-order chi connectivity index (χ1) is 13.8. The lowest BCUT2D eigenvalue weighted by molar-refractivity contribution is -0.119. The first kappa shape index (κ1) is 20.8. The molecule has 29 heavy (non-hydrogen) atoms. The highest BCUT2D eigenvalue weighted by molar-refractivity contribution is 5.92. The van der Waals surface area contributed by atoms with Gasteiger partial charge in [-0.05, 0) is 44.4 Å². The van der Waals surface area contributed by atoms with E-state index in [4.69, 9.17) is 4.74 Å². The van der Waals surface area contributed by atoms with Gasteiger partial charge in [-0.2, -0.15) is 0 Å². The average Bonchev–Trinajstić information content (AvgIpc) is 3.52. The van der Waals surface area contributed by atoms with Crippen molar-refractivity contribution in [2.24, 2.45) is 5.92 Å². The van der Waals surface area contributed by atoms with Gasteiger partial charge in [0.1, 0.15) is 17.3 Å². The van der Waals surface area contributed by atoms with Gasteiger partial charge in [-0.1, -0.05) is 0 Å². The summed E-state index contributed by atoms with van der Waals surface area (Å²) >= 11 is 0. The molecule has 0 aromatic carbocycles. The number of nitrogens with one attached hydrogen (secondary N) is 1. The molecule has 0 radical (unpaired) electrons. The Balaban J connectivity index is 1.62. The van der Waals surface area contributed by atoms with Gasteiger partial charge in [-0.15, -0.1) is 0 Å². The maximum Gasteiger partial charge on any atom is 0.272 e. The summed E-state index contributed by atoms with van der Waals surface area (Å²) in [5.41, 5.74) is 1.46. The van der Waals surface area contributed by atoms with Crippen LogP contribution < -0.4 is 10.1 Å². The number of aryl methyl sites for hydroxylation is 1. The molecule has 0 spiro atoms. The largest absolute Gasteiger partial charge is 0.471 e. The van der Waals surface area contributed by atoms with Crippen LogP contribution in [0.5, 0.6) is 5.88 Å². The van der Waals surface area contributed by atoms with Gasteiger partial charge >= 0.3 is 0 Å². The summed E-state index contributed by atoms with van der Waals surface area (Å²) in [5.74, 6) is 0.274. The third kappa shape index (κ3) is 5.75. The zero-order valence-electron chi connectivity index (χ0n) is 16.2. The van der Waals surface area contributed by atoms with Crippen LogP contribution in [0.4, 0.5) is 8.78 Å².